The van der Waals surface area contributed by atoms with E-state index >= 15 is 0 Å². The fourth-order valence-corrected chi connectivity index (χ4v) is 3.49. The van der Waals surface area contributed by atoms with Crippen LogP contribution in [0.25, 0.3) is 11.0 Å². The summed E-state index contributed by atoms with van der Waals surface area (Å²) in [4.78, 5) is 4.56. The van der Waals surface area contributed by atoms with Gasteiger partial charge in [-0.15, -0.1) is 0 Å². The molecule has 2 aromatic heterocycles. The Morgan fingerprint density at radius 1 is 1.29 bits per heavy atom. The normalized spacial score (nSPS) is 23.4. The van der Waals surface area contributed by atoms with Gasteiger partial charge >= 0.3 is 0 Å². The number of aryl methyl sites for hydroxylation is 2. The summed E-state index contributed by atoms with van der Waals surface area (Å²) in [7, 11) is 1.95. The van der Waals surface area contributed by atoms with Crippen molar-refractivity contribution in [2.24, 2.45) is 13.0 Å². The van der Waals surface area contributed by atoms with Crippen LogP contribution in [-0.4, -0.2) is 20.8 Å². The van der Waals surface area contributed by atoms with Crippen molar-refractivity contribution in [3.05, 3.63) is 23.5 Å². The topological polar surface area (TPSA) is 42.7 Å². The van der Waals surface area contributed by atoms with Crippen LogP contribution in [0.2, 0.25) is 0 Å². The maximum Gasteiger partial charge on any atom is 0.157 e. The van der Waals surface area contributed by atoms with Gasteiger partial charge in [-0.05, 0) is 37.3 Å². The van der Waals surface area contributed by atoms with Crippen molar-refractivity contribution in [2.75, 3.05) is 0 Å². The zero-order valence-electron chi connectivity index (χ0n) is 13.4. The van der Waals surface area contributed by atoms with Crippen molar-refractivity contribution in [1.82, 2.24) is 20.1 Å². The van der Waals surface area contributed by atoms with Gasteiger partial charge in [-0.2, -0.15) is 5.10 Å². The highest BCUT2D eigenvalue weighted by Crippen LogP contribution is 2.23. The van der Waals surface area contributed by atoms with E-state index in [1.807, 2.05) is 17.9 Å². The first kappa shape index (κ1) is 14.5. The van der Waals surface area contributed by atoms with Crippen LogP contribution < -0.4 is 5.32 Å². The fraction of sp³-hybridized carbons (Fsp3) is 0.647. The molecule has 21 heavy (non-hydrogen) atoms. The molecule has 2 aromatic rings. The Bertz CT molecular complexity index is 617. The summed E-state index contributed by atoms with van der Waals surface area (Å²) in [6.07, 6.45) is 8.80. The van der Waals surface area contributed by atoms with Gasteiger partial charge in [0.15, 0.2) is 5.65 Å². The third kappa shape index (κ3) is 3.10. The van der Waals surface area contributed by atoms with Crippen molar-refractivity contribution in [3.63, 3.8) is 0 Å². The van der Waals surface area contributed by atoms with Crippen LogP contribution in [0.15, 0.2) is 12.3 Å². The van der Waals surface area contributed by atoms with E-state index in [-0.39, 0.29) is 0 Å². The first-order valence-electron chi connectivity index (χ1n) is 8.17. The number of rotatable bonds is 3. The molecule has 114 valence electrons. The van der Waals surface area contributed by atoms with Crippen LogP contribution in [-0.2, 0) is 13.6 Å². The van der Waals surface area contributed by atoms with Crippen molar-refractivity contribution in [2.45, 2.75) is 58.5 Å². The highest BCUT2D eigenvalue weighted by atomic mass is 15.3. The minimum atomic E-state index is 0.651. The zero-order valence-corrected chi connectivity index (χ0v) is 13.4. The molecule has 3 rings (SSSR count). The average Bonchev–Trinajstić information content (AvgIpc) is 2.63. The molecule has 1 aliphatic carbocycles. The lowest BCUT2D eigenvalue weighted by atomic mass is 9.97. The van der Waals surface area contributed by atoms with Crippen LogP contribution in [0.4, 0.5) is 0 Å². The maximum absolute atomic E-state index is 4.56. The number of pyridine rings is 1. The second-order valence-electron chi connectivity index (χ2n) is 6.53. The smallest absolute Gasteiger partial charge is 0.157 e. The third-order valence-electron chi connectivity index (χ3n) is 4.85. The van der Waals surface area contributed by atoms with Gasteiger partial charge in [-0.1, -0.05) is 26.2 Å². The van der Waals surface area contributed by atoms with E-state index < -0.39 is 0 Å². The van der Waals surface area contributed by atoms with Gasteiger partial charge in [0.1, 0.15) is 0 Å². The number of fused-ring (bicyclic) bond motifs is 1. The van der Waals surface area contributed by atoms with Gasteiger partial charge in [0.25, 0.3) is 0 Å². The van der Waals surface area contributed by atoms with Gasteiger partial charge < -0.3 is 5.32 Å². The van der Waals surface area contributed by atoms with E-state index in [1.165, 1.54) is 43.1 Å². The summed E-state index contributed by atoms with van der Waals surface area (Å²) in [5.41, 5.74) is 3.29. The van der Waals surface area contributed by atoms with Crippen LogP contribution in [0.3, 0.4) is 0 Å². The summed E-state index contributed by atoms with van der Waals surface area (Å²) in [6.45, 7) is 5.34. The van der Waals surface area contributed by atoms with Crippen LogP contribution in [0.1, 0.15) is 50.3 Å². The Kier molecular flexibility index (Phi) is 4.24. The van der Waals surface area contributed by atoms with E-state index in [2.05, 4.69) is 35.3 Å². The van der Waals surface area contributed by atoms with Gasteiger partial charge in [0.05, 0.1) is 5.69 Å². The van der Waals surface area contributed by atoms with Crippen molar-refractivity contribution in [1.29, 1.82) is 0 Å². The lowest BCUT2D eigenvalue weighted by Gasteiger charge is -2.22. The molecule has 0 bridgehead atoms. The van der Waals surface area contributed by atoms with Gasteiger partial charge in [-0.25, -0.2) is 4.98 Å². The molecule has 0 saturated heterocycles. The summed E-state index contributed by atoms with van der Waals surface area (Å²) in [6, 6.07) is 2.89. The van der Waals surface area contributed by atoms with Crippen molar-refractivity contribution >= 4 is 11.0 Å². The maximum atomic E-state index is 4.56. The summed E-state index contributed by atoms with van der Waals surface area (Å²) in [5, 5.41) is 9.36. The first-order chi connectivity index (χ1) is 10.1. The largest absolute Gasteiger partial charge is 0.310 e. The number of hydrogen-bond acceptors (Lipinski definition) is 3. The SMILES string of the molecule is Cc1nn(C)c2ncc(CNC3CCCCCC3C)cc12. The highest BCUT2D eigenvalue weighted by Gasteiger charge is 2.19. The first-order valence-corrected chi connectivity index (χ1v) is 8.17. The molecule has 1 aliphatic rings. The fourth-order valence-electron chi connectivity index (χ4n) is 3.49. The highest BCUT2D eigenvalue weighted by molar-refractivity contribution is 5.78. The zero-order chi connectivity index (χ0) is 14.8. The second-order valence-corrected chi connectivity index (χ2v) is 6.53. The molecule has 2 atom stereocenters. The summed E-state index contributed by atoms with van der Waals surface area (Å²) >= 11 is 0. The summed E-state index contributed by atoms with van der Waals surface area (Å²) < 4.78 is 1.86. The molecule has 4 nitrogen and oxygen atoms in total. The Hall–Kier alpha value is -1.42. The van der Waals surface area contributed by atoms with Crippen molar-refractivity contribution in [3.8, 4) is 0 Å². The number of aromatic nitrogens is 3. The minimum Gasteiger partial charge on any atom is -0.310 e. The molecular weight excluding hydrogens is 260 g/mol. The van der Waals surface area contributed by atoms with Crippen LogP contribution >= 0.6 is 0 Å². The molecule has 1 N–H and O–H groups in total. The van der Waals surface area contributed by atoms with Crippen LogP contribution in [0, 0.1) is 12.8 Å². The Morgan fingerprint density at radius 3 is 2.95 bits per heavy atom. The molecule has 4 heteroatoms. The molecule has 2 heterocycles. The molecule has 0 aliphatic heterocycles. The van der Waals surface area contributed by atoms with E-state index in [0.29, 0.717) is 6.04 Å². The predicted octanol–water partition coefficient (Wildman–Crippen LogP) is 3.34. The van der Waals surface area contributed by atoms with Crippen LogP contribution in [0.5, 0.6) is 0 Å². The van der Waals surface area contributed by atoms with Gasteiger partial charge in [0, 0.05) is 31.2 Å². The minimum absolute atomic E-state index is 0.651. The second kappa shape index (κ2) is 6.14. The van der Waals surface area contributed by atoms with E-state index in [0.717, 1.165) is 23.8 Å². The van der Waals surface area contributed by atoms with Crippen molar-refractivity contribution < 1.29 is 0 Å². The summed E-state index contributed by atoms with van der Waals surface area (Å²) in [5.74, 6) is 0.782. The van der Waals surface area contributed by atoms with Gasteiger partial charge in [-0.3, -0.25) is 4.68 Å². The van der Waals surface area contributed by atoms with Gasteiger partial charge in [0.2, 0.25) is 0 Å². The molecule has 1 fully saturated rings. The monoisotopic (exact) mass is 286 g/mol. The molecular formula is C17H26N4. The molecule has 0 amide bonds. The number of hydrogen-bond donors (Lipinski definition) is 1. The molecule has 0 spiro atoms. The number of nitrogens with zero attached hydrogens (tertiary/aromatic N) is 3. The molecule has 0 aromatic carbocycles. The predicted molar refractivity (Wildman–Crippen MR) is 86.1 cm³/mol. The Morgan fingerprint density at radius 2 is 2.10 bits per heavy atom. The van der Waals surface area contributed by atoms with E-state index in [4.69, 9.17) is 0 Å². The Labute approximate surface area is 126 Å². The Balaban J connectivity index is 1.71. The third-order valence-corrected chi connectivity index (χ3v) is 4.85. The molecule has 1 saturated carbocycles. The quantitative estimate of drug-likeness (QED) is 0.880. The van der Waals surface area contributed by atoms with E-state index in [9.17, 15) is 0 Å². The van der Waals surface area contributed by atoms with E-state index in [1.54, 1.807) is 0 Å². The lowest BCUT2D eigenvalue weighted by Crippen LogP contribution is -2.33. The molecule has 0 radical (unpaired) electrons. The number of nitrogens with one attached hydrogen (secondary N) is 1. The lowest BCUT2D eigenvalue weighted by molar-refractivity contribution is 0.356. The average molecular weight is 286 g/mol. The molecule has 2 unspecified atom stereocenters. The standard InChI is InChI=1S/C17H26N4/c1-12-7-5-4-6-8-16(12)18-10-14-9-15-13(2)20-21(3)17(15)19-11-14/h9,11-12,16,18H,4-8,10H2,1-3H3.